The van der Waals surface area contributed by atoms with E-state index in [-0.39, 0.29) is 6.29 Å². The maximum Gasteiger partial charge on any atom is 0.302 e. The molecule has 7 N–H and O–H groups in total. The molecule has 17 heavy (non-hydrogen) atoms. The van der Waals surface area contributed by atoms with Crippen molar-refractivity contribution in [3.8, 4) is 0 Å². The molecule has 4 nitrogen and oxygen atoms in total. The van der Waals surface area contributed by atoms with Crippen molar-refractivity contribution in [1.29, 1.82) is 0 Å². The van der Waals surface area contributed by atoms with Gasteiger partial charge in [0.1, 0.15) is 0 Å². The van der Waals surface area contributed by atoms with Gasteiger partial charge in [0.2, 0.25) is 0 Å². The lowest BCUT2D eigenvalue weighted by Gasteiger charge is -2.37. The maximum atomic E-state index is 4.35. The molecule has 0 heterocycles. The predicted octanol–water partition coefficient (Wildman–Crippen LogP) is 0.716. The third-order valence-electron chi connectivity index (χ3n) is 3.86. The smallest absolute Gasteiger partial charge is 0.288 e. The van der Waals surface area contributed by atoms with Gasteiger partial charge in [0.15, 0.2) is 0 Å². The first-order chi connectivity index (χ1) is 7.92. The molecule has 4 heteroatoms. The minimum atomic E-state index is -0.0669. The Balaban J connectivity index is 2.49. The lowest BCUT2D eigenvalue weighted by Crippen LogP contribution is -2.89. The highest BCUT2D eigenvalue weighted by Gasteiger charge is 2.30. The third-order valence-corrected chi connectivity index (χ3v) is 3.86. The van der Waals surface area contributed by atoms with E-state index in [1.54, 1.807) is 0 Å². The molecular formula is C13H30N4+2. The molecule has 1 fully saturated rings. The zero-order valence-electron chi connectivity index (χ0n) is 11.8. The van der Waals surface area contributed by atoms with E-state index in [0.717, 1.165) is 18.1 Å². The van der Waals surface area contributed by atoms with Crippen molar-refractivity contribution in [2.45, 2.75) is 65.6 Å². The van der Waals surface area contributed by atoms with Crippen molar-refractivity contribution < 1.29 is 11.5 Å². The van der Waals surface area contributed by atoms with Gasteiger partial charge in [0.05, 0.1) is 0 Å². The van der Waals surface area contributed by atoms with Gasteiger partial charge >= 0.3 is 6.29 Å². The van der Waals surface area contributed by atoms with Gasteiger partial charge in [-0.3, -0.25) is 11.5 Å². The zero-order chi connectivity index (χ0) is 12.9. The molecule has 0 amide bonds. The largest absolute Gasteiger partial charge is 0.302 e. The number of hydrogen-bond acceptors (Lipinski definition) is 2. The van der Waals surface area contributed by atoms with Gasteiger partial charge in [-0.25, -0.2) is 5.43 Å². The average Bonchev–Trinajstić information content (AvgIpc) is 2.27. The molecule has 1 aliphatic rings. The average molecular weight is 242 g/mol. The SMILES string of the molecule is C/C(CC(C)(C)C1CCCCC1)=N/NC([NH3+])[NH3+]. The van der Waals surface area contributed by atoms with E-state index < -0.39 is 0 Å². The molecule has 0 saturated heterocycles. The van der Waals surface area contributed by atoms with Crippen molar-refractivity contribution in [2.75, 3.05) is 0 Å². The molecule has 0 aromatic rings. The number of hydrogen-bond donors (Lipinski definition) is 3. The van der Waals surface area contributed by atoms with Crippen LogP contribution < -0.4 is 16.9 Å². The molecule has 0 aromatic heterocycles. The van der Waals surface area contributed by atoms with Crippen LogP contribution >= 0.6 is 0 Å². The Morgan fingerprint density at radius 2 is 1.88 bits per heavy atom. The molecular weight excluding hydrogens is 212 g/mol. The molecule has 0 radical (unpaired) electrons. The summed E-state index contributed by atoms with van der Waals surface area (Å²) in [5.41, 5.74) is 12.0. The molecule has 0 aromatic carbocycles. The van der Waals surface area contributed by atoms with Crippen molar-refractivity contribution in [2.24, 2.45) is 16.4 Å². The van der Waals surface area contributed by atoms with Crippen molar-refractivity contribution in [1.82, 2.24) is 5.43 Å². The first-order valence-corrected chi connectivity index (χ1v) is 6.86. The Morgan fingerprint density at radius 3 is 2.41 bits per heavy atom. The summed E-state index contributed by atoms with van der Waals surface area (Å²) in [4.78, 5) is 0. The van der Waals surface area contributed by atoms with Crippen LogP contribution in [0.3, 0.4) is 0 Å². The topological polar surface area (TPSA) is 79.7 Å². The fourth-order valence-electron chi connectivity index (χ4n) is 2.93. The molecule has 0 spiro atoms. The quantitative estimate of drug-likeness (QED) is 0.370. The summed E-state index contributed by atoms with van der Waals surface area (Å²) in [7, 11) is 0. The Labute approximate surface area is 105 Å². The first-order valence-electron chi connectivity index (χ1n) is 6.86. The van der Waals surface area contributed by atoms with Gasteiger partial charge in [0, 0.05) is 5.71 Å². The van der Waals surface area contributed by atoms with E-state index >= 15 is 0 Å². The summed E-state index contributed by atoms with van der Waals surface area (Å²) in [6, 6.07) is 0. The van der Waals surface area contributed by atoms with E-state index in [1.165, 1.54) is 32.1 Å². The van der Waals surface area contributed by atoms with Gasteiger partial charge in [-0.2, -0.15) is 5.10 Å². The highest BCUT2D eigenvalue weighted by atomic mass is 15.4. The van der Waals surface area contributed by atoms with E-state index in [0.29, 0.717) is 5.41 Å². The van der Waals surface area contributed by atoms with Crippen LogP contribution in [0, 0.1) is 11.3 Å². The number of quaternary nitrogens is 2. The zero-order valence-corrected chi connectivity index (χ0v) is 11.8. The van der Waals surface area contributed by atoms with Crippen LogP contribution in [0.4, 0.5) is 0 Å². The van der Waals surface area contributed by atoms with E-state index in [1.807, 2.05) is 0 Å². The normalized spacial score (nSPS) is 19.8. The summed E-state index contributed by atoms with van der Waals surface area (Å²) in [6.45, 7) is 6.86. The third kappa shape index (κ3) is 5.04. The lowest BCUT2D eigenvalue weighted by molar-refractivity contribution is -0.666. The molecule has 0 atom stereocenters. The van der Waals surface area contributed by atoms with E-state index in [2.05, 4.69) is 42.8 Å². The molecule has 1 rings (SSSR count). The summed E-state index contributed by atoms with van der Waals surface area (Å²) in [6.07, 6.45) is 8.01. The fourth-order valence-corrected chi connectivity index (χ4v) is 2.93. The highest BCUT2D eigenvalue weighted by molar-refractivity contribution is 5.82. The molecule has 100 valence electrons. The highest BCUT2D eigenvalue weighted by Crippen LogP contribution is 2.40. The fraction of sp³-hybridized carbons (Fsp3) is 0.923. The monoisotopic (exact) mass is 242 g/mol. The summed E-state index contributed by atoms with van der Waals surface area (Å²) in [5.74, 6) is 0.858. The Bertz CT molecular complexity index is 252. The van der Waals surface area contributed by atoms with Crippen LogP contribution in [0.2, 0.25) is 0 Å². The van der Waals surface area contributed by atoms with E-state index in [9.17, 15) is 0 Å². The van der Waals surface area contributed by atoms with E-state index in [4.69, 9.17) is 0 Å². The second-order valence-corrected chi connectivity index (χ2v) is 6.17. The van der Waals surface area contributed by atoms with Gasteiger partial charge in [-0.05, 0) is 37.5 Å². The van der Waals surface area contributed by atoms with Crippen LogP contribution in [-0.2, 0) is 0 Å². The van der Waals surface area contributed by atoms with Crippen LogP contribution in [0.5, 0.6) is 0 Å². The number of hydrazone groups is 1. The predicted molar refractivity (Wildman–Crippen MR) is 70.8 cm³/mol. The minimum absolute atomic E-state index is 0.0669. The van der Waals surface area contributed by atoms with Crippen molar-refractivity contribution in [3.63, 3.8) is 0 Å². The summed E-state index contributed by atoms with van der Waals surface area (Å²) < 4.78 is 0. The Kier molecular flexibility index (Phi) is 5.40. The van der Waals surface area contributed by atoms with Gasteiger partial charge in [-0.1, -0.05) is 33.1 Å². The van der Waals surface area contributed by atoms with Crippen LogP contribution in [0.15, 0.2) is 5.10 Å². The molecule has 0 unspecified atom stereocenters. The van der Waals surface area contributed by atoms with Crippen LogP contribution in [-0.4, -0.2) is 12.0 Å². The number of nitrogens with one attached hydrogen (secondary N) is 1. The molecule has 0 aliphatic heterocycles. The second kappa shape index (κ2) is 6.36. The standard InChI is InChI=1S/C13H28N4/c1-10(16-17-12(14)15)9-13(2,3)11-7-5-4-6-8-11/h11-12,17H,4-9,14-15H2,1-3H3/p+2/b16-10-. The van der Waals surface area contributed by atoms with Crippen molar-refractivity contribution >= 4 is 5.71 Å². The number of nitrogens with zero attached hydrogens (tertiary/aromatic N) is 1. The lowest BCUT2D eigenvalue weighted by atomic mass is 9.69. The molecule has 0 bridgehead atoms. The minimum Gasteiger partial charge on any atom is -0.288 e. The molecule has 1 aliphatic carbocycles. The second-order valence-electron chi connectivity index (χ2n) is 6.17. The summed E-state index contributed by atoms with van der Waals surface area (Å²) in [5, 5.41) is 4.35. The van der Waals surface area contributed by atoms with Crippen LogP contribution in [0.25, 0.3) is 0 Å². The Hall–Kier alpha value is -0.610. The van der Waals surface area contributed by atoms with Gasteiger partial charge < -0.3 is 0 Å². The van der Waals surface area contributed by atoms with Gasteiger partial charge in [0.25, 0.3) is 0 Å². The van der Waals surface area contributed by atoms with Crippen LogP contribution in [0.1, 0.15) is 59.3 Å². The summed E-state index contributed by atoms with van der Waals surface area (Å²) >= 11 is 0. The molecule has 1 saturated carbocycles. The first kappa shape index (κ1) is 14.5. The maximum absolute atomic E-state index is 4.35. The Morgan fingerprint density at radius 1 is 1.29 bits per heavy atom. The van der Waals surface area contributed by atoms with Crippen molar-refractivity contribution in [3.05, 3.63) is 0 Å². The van der Waals surface area contributed by atoms with Gasteiger partial charge in [-0.15, -0.1) is 0 Å². The number of rotatable bonds is 5.